The highest BCUT2D eigenvalue weighted by molar-refractivity contribution is 7.98. The van der Waals surface area contributed by atoms with Gasteiger partial charge in [-0.3, -0.25) is 4.79 Å². The lowest BCUT2D eigenvalue weighted by Crippen LogP contribution is -1.94. The summed E-state index contributed by atoms with van der Waals surface area (Å²) in [6.45, 7) is 0. The molecule has 0 N–H and O–H groups in total. The van der Waals surface area contributed by atoms with Crippen LogP contribution in [0.2, 0.25) is 0 Å². The summed E-state index contributed by atoms with van der Waals surface area (Å²) in [5.74, 6) is 1.28. The maximum absolute atomic E-state index is 12.1. The molecule has 2 aromatic carbocycles. The van der Waals surface area contributed by atoms with E-state index in [2.05, 4.69) is 0 Å². The standard InChI is InChI=1S/C18H18O3S/c1-20-17-11-5-13(12-18(17)21-2)4-10-16(19)14-6-8-15(22-3)9-7-14/h4-12H,1-3H3/b10-4-. The largest absolute Gasteiger partial charge is 0.493 e. The van der Waals surface area contributed by atoms with E-state index in [1.807, 2.05) is 48.7 Å². The van der Waals surface area contributed by atoms with Crippen LogP contribution >= 0.6 is 11.8 Å². The fourth-order valence-electron chi connectivity index (χ4n) is 1.98. The number of hydrogen-bond acceptors (Lipinski definition) is 4. The van der Waals surface area contributed by atoms with E-state index in [0.717, 1.165) is 10.5 Å². The number of carbonyl (C=O) groups is 1. The molecule has 0 atom stereocenters. The van der Waals surface area contributed by atoms with Gasteiger partial charge in [0, 0.05) is 10.5 Å². The van der Waals surface area contributed by atoms with Gasteiger partial charge in [-0.25, -0.2) is 0 Å². The lowest BCUT2D eigenvalue weighted by atomic mass is 10.1. The predicted octanol–water partition coefficient (Wildman–Crippen LogP) is 4.32. The number of ketones is 1. The molecule has 0 amide bonds. The first kappa shape index (κ1) is 16.2. The van der Waals surface area contributed by atoms with Gasteiger partial charge in [0.05, 0.1) is 14.2 Å². The Kier molecular flexibility index (Phi) is 5.67. The molecular formula is C18H18O3S. The van der Waals surface area contributed by atoms with Crippen LogP contribution < -0.4 is 9.47 Å². The quantitative estimate of drug-likeness (QED) is 0.452. The van der Waals surface area contributed by atoms with Gasteiger partial charge in [0.15, 0.2) is 17.3 Å². The molecule has 2 rings (SSSR count). The van der Waals surface area contributed by atoms with Crippen LogP contribution in [0.15, 0.2) is 53.4 Å². The minimum atomic E-state index is -0.0255. The van der Waals surface area contributed by atoms with E-state index in [1.54, 1.807) is 38.1 Å². The second-order valence-electron chi connectivity index (χ2n) is 4.54. The molecule has 0 aromatic heterocycles. The van der Waals surface area contributed by atoms with Crippen molar-refractivity contribution in [3.63, 3.8) is 0 Å². The molecular weight excluding hydrogens is 296 g/mol. The summed E-state index contributed by atoms with van der Waals surface area (Å²) in [5.41, 5.74) is 1.56. The average molecular weight is 314 g/mol. The van der Waals surface area contributed by atoms with Crippen molar-refractivity contribution in [3.8, 4) is 11.5 Å². The second-order valence-corrected chi connectivity index (χ2v) is 5.42. The zero-order chi connectivity index (χ0) is 15.9. The summed E-state index contributed by atoms with van der Waals surface area (Å²) in [6.07, 6.45) is 5.34. The molecule has 0 radical (unpaired) electrons. The normalized spacial score (nSPS) is 10.7. The molecule has 4 heteroatoms. The van der Waals surface area contributed by atoms with Crippen molar-refractivity contribution in [2.75, 3.05) is 20.5 Å². The number of hydrogen-bond donors (Lipinski definition) is 0. The monoisotopic (exact) mass is 314 g/mol. The third kappa shape index (κ3) is 3.92. The first-order valence-corrected chi connectivity index (χ1v) is 7.99. The average Bonchev–Trinajstić information content (AvgIpc) is 2.59. The molecule has 0 aliphatic carbocycles. The van der Waals surface area contributed by atoms with Crippen LogP contribution in [-0.4, -0.2) is 26.3 Å². The van der Waals surface area contributed by atoms with E-state index in [1.165, 1.54) is 0 Å². The molecule has 0 aliphatic heterocycles. The van der Waals surface area contributed by atoms with Crippen molar-refractivity contribution in [2.24, 2.45) is 0 Å². The first-order valence-electron chi connectivity index (χ1n) is 6.76. The van der Waals surface area contributed by atoms with E-state index >= 15 is 0 Å². The molecule has 3 nitrogen and oxygen atoms in total. The smallest absolute Gasteiger partial charge is 0.185 e. The van der Waals surface area contributed by atoms with Crippen molar-refractivity contribution in [1.29, 1.82) is 0 Å². The fourth-order valence-corrected chi connectivity index (χ4v) is 2.39. The van der Waals surface area contributed by atoms with Gasteiger partial charge < -0.3 is 9.47 Å². The van der Waals surface area contributed by atoms with Crippen molar-refractivity contribution in [2.45, 2.75) is 4.90 Å². The SMILES string of the molecule is COc1ccc(/C=C\C(=O)c2ccc(SC)cc2)cc1OC. The van der Waals surface area contributed by atoms with E-state index in [0.29, 0.717) is 17.1 Å². The minimum absolute atomic E-state index is 0.0255. The summed E-state index contributed by atoms with van der Waals surface area (Å²) in [7, 11) is 3.18. The number of carbonyl (C=O) groups excluding carboxylic acids is 1. The topological polar surface area (TPSA) is 35.5 Å². The summed E-state index contributed by atoms with van der Waals surface area (Å²) < 4.78 is 10.4. The Morgan fingerprint density at radius 1 is 1.00 bits per heavy atom. The Balaban J connectivity index is 2.14. The number of rotatable bonds is 6. The Morgan fingerprint density at radius 2 is 1.68 bits per heavy atom. The van der Waals surface area contributed by atoms with E-state index in [4.69, 9.17) is 9.47 Å². The van der Waals surface area contributed by atoms with Gasteiger partial charge in [-0.2, -0.15) is 0 Å². The van der Waals surface area contributed by atoms with Gasteiger partial charge in [-0.1, -0.05) is 12.1 Å². The molecule has 0 aliphatic rings. The zero-order valence-electron chi connectivity index (χ0n) is 12.8. The Labute approximate surface area is 135 Å². The highest BCUT2D eigenvalue weighted by Gasteiger charge is 2.04. The summed E-state index contributed by atoms with van der Waals surface area (Å²) in [5, 5.41) is 0. The second kappa shape index (κ2) is 7.71. The third-order valence-electron chi connectivity index (χ3n) is 3.21. The molecule has 0 heterocycles. The molecule has 0 saturated heterocycles. The van der Waals surface area contributed by atoms with E-state index in [-0.39, 0.29) is 5.78 Å². The first-order chi connectivity index (χ1) is 10.7. The van der Waals surface area contributed by atoms with Crippen molar-refractivity contribution in [3.05, 3.63) is 59.7 Å². The van der Waals surface area contributed by atoms with Crippen molar-refractivity contribution >= 4 is 23.6 Å². The fraction of sp³-hybridized carbons (Fsp3) is 0.167. The van der Waals surface area contributed by atoms with Crippen LogP contribution in [0.3, 0.4) is 0 Å². The van der Waals surface area contributed by atoms with Gasteiger partial charge in [0.25, 0.3) is 0 Å². The number of methoxy groups -OCH3 is 2. The van der Waals surface area contributed by atoms with Crippen LogP contribution in [0.25, 0.3) is 6.08 Å². The third-order valence-corrected chi connectivity index (χ3v) is 3.95. The van der Waals surface area contributed by atoms with Crippen LogP contribution in [0.4, 0.5) is 0 Å². The Bertz CT molecular complexity index is 675. The molecule has 2 aromatic rings. The summed E-state index contributed by atoms with van der Waals surface area (Å²) in [6, 6.07) is 13.1. The molecule has 0 unspecified atom stereocenters. The van der Waals surface area contributed by atoms with E-state index < -0.39 is 0 Å². The lowest BCUT2D eigenvalue weighted by molar-refractivity contribution is 0.104. The maximum Gasteiger partial charge on any atom is 0.185 e. The van der Waals surface area contributed by atoms with Gasteiger partial charge in [-0.15, -0.1) is 11.8 Å². The number of ether oxygens (including phenoxy) is 2. The minimum Gasteiger partial charge on any atom is -0.493 e. The maximum atomic E-state index is 12.1. The zero-order valence-corrected chi connectivity index (χ0v) is 13.6. The van der Waals surface area contributed by atoms with Gasteiger partial charge in [-0.05, 0) is 54.3 Å². The molecule has 0 bridgehead atoms. The summed E-state index contributed by atoms with van der Waals surface area (Å²) in [4.78, 5) is 13.3. The van der Waals surface area contributed by atoms with Gasteiger partial charge in [0.2, 0.25) is 0 Å². The van der Waals surface area contributed by atoms with Gasteiger partial charge in [0.1, 0.15) is 0 Å². The van der Waals surface area contributed by atoms with Crippen molar-refractivity contribution in [1.82, 2.24) is 0 Å². The van der Waals surface area contributed by atoms with Crippen LogP contribution in [-0.2, 0) is 0 Å². The number of benzene rings is 2. The van der Waals surface area contributed by atoms with Gasteiger partial charge >= 0.3 is 0 Å². The number of thioether (sulfide) groups is 1. The summed E-state index contributed by atoms with van der Waals surface area (Å²) >= 11 is 1.65. The predicted molar refractivity (Wildman–Crippen MR) is 91.1 cm³/mol. The number of allylic oxidation sites excluding steroid dienone is 1. The van der Waals surface area contributed by atoms with Crippen LogP contribution in [0.1, 0.15) is 15.9 Å². The lowest BCUT2D eigenvalue weighted by Gasteiger charge is -2.07. The van der Waals surface area contributed by atoms with E-state index in [9.17, 15) is 4.79 Å². The Hall–Kier alpha value is -2.20. The molecule has 0 spiro atoms. The van der Waals surface area contributed by atoms with Crippen LogP contribution in [0.5, 0.6) is 11.5 Å². The van der Waals surface area contributed by atoms with Crippen LogP contribution in [0, 0.1) is 0 Å². The molecule has 22 heavy (non-hydrogen) atoms. The molecule has 114 valence electrons. The Morgan fingerprint density at radius 3 is 2.27 bits per heavy atom. The van der Waals surface area contributed by atoms with Crippen molar-refractivity contribution < 1.29 is 14.3 Å². The molecule has 0 saturated carbocycles. The molecule has 0 fully saturated rings. The highest BCUT2D eigenvalue weighted by Crippen LogP contribution is 2.28. The highest BCUT2D eigenvalue weighted by atomic mass is 32.2.